The van der Waals surface area contributed by atoms with Crippen LogP contribution in [0.15, 0.2) is 18.3 Å². The summed E-state index contributed by atoms with van der Waals surface area (Å²) in [6.45, 7) is 4.23. The maximum atomic E-state index is 13.1. The van der Waals surface area contributed by atoms with Crippen molar-refractivity contribution in [2.45, 2.75) is 20.5 Å². The Labute approximate surface area is 96.9 Å². The highest BCUT2D eigenvalue weighted by Crippen LogP contribution is 2.19. The first-order chi connectivity index (χ1) is 7.66. The molecule has 0 aliphatic rings. The van der Waals surface area contributed by atoms with E-state index in [1.807, 2.05) is 13.8 Å². The van der Waals surface area contributed by atoms with Gasteiger partial charge in [-0.1, -0.05) is 0 Å². The first-order valence-electron chi connectivity index (χ1n) is 4.83. The van der Waals surface area contributed by atoms with E-state index in [-0.39, 0.29) is 12.4 Å². The number of rotatable bonds is 3. The zero-order valence-electron chi connectivity index (χ0n) is 9.03. The van der Waals surface area contributed by atoms with Crippen LogP contribution < -0.4 is 4.74 Å². The van der Waals surface area contributed by atoms with Crippen molar-refractivity contribution >= 4 is 11.3 Å². The van der Waals surface area contributed by atoms with Gasteiger partial charge in [-0.05, 0) is 26.0 Å². The van der Waals surface area contributed by atoms with Gasteiger partial charge in [-0.25, -0.2) is 9.97 Å². The van der Waals surface area contributed by atoms with Crippen LogP contribution in [0.3, 0.4) is 0 Å². The van der Waals surface area contributed by atoms with E-state index in [1.54, 1.807) is 23.5 Å². The minimum atomic E-state index is -0.590. The fourth-order valence-electron chi connectivity index (χ4n) is 1.22. The summed E-state index contributed by atoms with van der Waals surface area (Å²) >= 11 is 1.56. The predicted molar refractivity (Wildman–Crippen MR) is 60.1 cm³/mol. The summed E-state index contributed by atoms with van der Waals surface area (Å²) in [5, 5.41) is 0.846. The minimum Gasteiger partial charge on any atom is -0.482 e. The number of pyridine rings is 1. The van der Waals surface area contributed by atoms with Crippen LogP contribution in [0.4, 0.5) is 4.39 Å². The molecule has 2 aromatic rings. The topological polar surface area (TPSA) is 35.0 Å². The Morgan fingerprint density at radius 1 is 1.44 bits per heavy atom. The number of thiazole rings is 1. The van der Waals surface area contributed by atoms with Crippen LogP contribution in [-0.2, 0) is 6.61 Å². The molecule has 2 rings (SSSR count). The van der Waals surface area contributed by atoms with Crippen molar-refractivity contribution < 1.29 is 9.13 Å². The Morgan fingerprint density at radius 3 is 2.88 bits per heavy atom. The van der Waals surface area contributed by atoms with Gasteiger partial charge >= 0.3 is 0 Å². The van der Waals surface area contributed by atoms with Crippen molar-refractivity contribution in [1.82, 2.24) is 9.97 Å². The maximum Gasteiger partial charge on any atom is 0.255 e. The van der Waals surface area contributed by atoms with Gasteiger partial charge in [0.1, 0.15) is 11.6 Å². The Balaban J connectivity index is 2.05. The summed E-state index contributed by atoms with van der Waals surface area (Å²) in [5.41, 5.74) is 0.996. The molecule has 0 N–H and O–H groups in total. The second-order valence-corrected chi connectivity index (χ2v) is 4.62. The number of aryl methyl sites for hydroxylation is 2. The summed E-state index contributed by atoms with van der Waals surface area (Å²) in [4.78, 5) is 8.97. The molecule has 3 nitrogen and oxygen atoms in total. The lowest BCUT2D eigenvalue weighted by molar-refractivity contribution is 0.285. The van der Waals surface area contributed by atoms with Gasteiger partial charge in [0.25, 0.3) is 5.95 Å². The normalized spacial score (nSPS) is 10.4. The highest BCUT2D eigenvalue weighted by Gasteiger charge is 2.07. The average Bonchev–Trinajstić information content (AvgIpc) is 2.57. The summed E-state index contributed by atoms with van der Waals surface area (Å²) < 4.78 is 18.4. The molecular formula is C11H11FN2OS. The third kappa shape index (κ3) is 2.36. The molecule has 0 aromatic carbocycles. The zero-order chi connectivity index (χ0) is 11.5. The molecule has 0 fully saturated rings. The van der Waals surface area contributed by atoms with Gasteiger partial charge in [0.2, 0.25) is 0 Å². The van der Waals surface area contributed by atoms with Gasteiger partial charge in [0.05, 0.1) is 5.69 Å². The van der Waals surface area contributed by atoms with E-state index in [4.69, 9.17) is 4.74 Å². The summed E-state index contributed by atoms with van der Waals surface area (Å²) in [6, 6.07) is 3.19. The largest absolute Gasteiger partial charge is 0.482 e. The second kappa shape index (κ2) is 4.57. The molecule has 0 aliphatic carbocycles. The number of hydrogen-bond donors (Lipinski definition) is 0. The van der Waals surface area contributed by atoms with Crippen molar-refractivity contribution in [3.8, 4) is 5.75 Å². The smallest absolute Gasteiger partial charge is 0.255 e. The van der Waals surface area contributed by atoms with Crippen molar-refractivity contribution in [2.24, 2.45) is 0 Å². The molecule has 0 aliphatic heterocycles. The summed E-state index contributed by atoms with van der Waals surface area (Å²) in [7, 11) is 0. The second-order valence-electron chi connectivity index (χ2n) is 3.33. The van der Waals surface area contributed by atoms with Gasteiger partial charge in [0, 0.05) is 11.1 Å². The highest BCUT2D eigenvalue weighted by molar-refractivity contribution is 7.11. The molecular weight excluding hydrogens is 227 g/mol. The van der Waals surface area contributed by atoms with E-state index in [0.717, 1.165) is 15.6 Å². The van der Waals surface area contributed by atoms with Gasteiger partial charge in [-0.2, -0.15) is 4.39 Å². The zero-order valence-corrected chi connectivity index (χ0v) is 9.84. The Bertz CT molecular complexity index is 479. The lowest BCUT2D eigenvalue weighted by Crippen LogP contribution is -1.98. The van der Waals surface area contributed by atoms with E-state index in [0.29, 0.717) is 0 Å². The lowest BCUT2D eigenvalue weighted by Gasteiger charge is -2.03. The van der Waals surface area contributed by atoms with E-state index in [9.17, 15) is 4.39 Å². The van der Waals surface area contributed by atoms with Crippen molar-refractivity contribution in [3.63, 3.8) is 0 Å². The Morgan fingerprint density at radius 2 is 2.25 bits per heavy atom. The fraction of sp³-hybridized carbons (Fsp3) is 0.273. The monoisotopic (exact) mass is 238 g/mol. The van der Waals surface area contributed by atoms with Crippen molar-refractivity contribution in [2.75, 3.05) is 0 Å². The molecule has 0 saturated carbocycles. The van der Waals surface area contributed by atoms with Crippen molar-refractivity contribution in [1.29, 1.82) is 0 Å². The Hall–Kier alpha value is -1.49. The molecule has 84 valence electrons. The van der Waals surface area contributed by atoms with Gasteiger partial charge in [0.15, 0.2) is 5.75 Å². The molecule has 2 aromatic heterocycles. The molecule has 0 unspecified atom stereocenters. The molecule has 0 radical (unpaired) electrons. The molecule has 0 amide bonds. The SMILES string of the molecule is Cc1nc(COc2cccnc2F)sc1C. The van der Waals surface area contributed by atoms with Gasteiger partial charge in [-0.3, -0.25) is 0 Å². The van der Waals surface area contributed by atoms with E-state index in [2.05, 4.69) is 9.97 Å². The number of halogens is 1. The van der Waals surface area contributed by atoms with E-state index < -0.39 is 5.95 Å². The molecule has 5 heteroatoms. The number of nitrogens with zero attached hydrogens (tertiary/aromatic N) is 2. The van der Waals surface area contributed by atoms with Crippen molar-refractivity contribution in [3.05, 3.63) is 39.9 Å². The quantitative estimate of drug-likeness (QED) is 0.771. The highest BCUT2D eigenvalue weighted by atomic mass is 32.1. The third-order valence-electron chi connectivity index (χ3n) is 2.15. The average molecular weight is 238 g/mol. The maximum absolute atomic E-state index is 13.1. The third-order valence-corrected chi connectivity index (χ3v) is 3.20. The van der Waals surface area contributed by atoms with Crippen LogP contribution in [-0.4, -0.2) is 9.97 Å². The van der Waals surface area contributed by atoms with Crippen LogP contribution in [0.1, 0.15) is 15.6 Å². The minimum absolute atomic E-state index is 0.160. The van der Waals surface area contributed by atoms with Crippen LogP contribution >= 0.6 is 11.3 Å². The van der Waals surface area contributed by atoms with E-state index in [1.165, 1.54) is 6.20 Å². The molecule has 16 heavy (non-hydrogen) atoms. The van der Waals surface area contributed by atoms with Crippen LogP contribution in [0, 0.1) is 19.8 Å². The summed E-state index contributed by atoms with van der Waals surface area (Å²) in [6.07, 6.45) is 1.39. The number of ether oxygens (including phenoxy) is 1. The van der Waals surface area contributed by atoms with Crippen LogP contribution in [0.25, 0.3) is 0 Å². The first-order valence-corrected chi connectivity index (χ1v) is 5.64. The Kier molecular flexibility index (Phi) is 3.14. The molecule has 2 heterocycles. The number of hydrogen-bond acceptors (Lipinski definition) is 4. The van der Waals surface area contributed by atoms with E-state index >= 15 is 0 Å². The fourth-order valence-corrected chi connectivity index (χ4v) is 2.07. The molecule has 0 atom stereocenters. The number of aromatic nitrogens is 2. The van der Waals surface area contributed by atoms with Gasteiger partial charge < -0.3 is 4.74 Å². The van der Waals surface area contributed by atoms with Crippen LogP contribution in [0.5, 0.6) is 5.75 Å². The first kappa shape index (κ1) is 11.0. The lowest BCUT2D eigenvalue weighted by atomic mass is 10.4. The summed E-state index contributed by atoms with van der Waals surface area (Å²) in [5.74, 6) is -0.430. The molecule has 0 spiro atoms. The van der Waals surface area contributed by atoms with Crippen LogP contribution in [0.2, 0.25) is 0 Å². The molecule has 0 bridgehead atoms. The standard InChI is InChI=1S/C11H11FN2OS/c1-7-8(2)16-10(14-7)6-15-9-4-3-5-13-11(9)12/h3-5H,6H2,1-2H3. The van der Waals surface area contributed by atoms with Gasteiger partial charge in [-0.15, -0.1) is 11.3 Å². The predicted octanol–water partition coefficient (Wildman–Crippen LogP) is 2.87. The molecule has 0 saturated heterocycles.